The number of aromatic nitrogens is 2. The summed E-state index contributed by atoms with van der Waals surface area (Å²) in [5.74, 6) is 0.848. The van der Waals surface area contributed by atoms with Gasteiger partial charge >= 0.3 is 0 Å². The zero-order valence-electron chi connectivity index (χ0n) is 17.3. The molecule has 0 aliphatic carbocycles. The van der Waals surface area contributed by atoms with Gasteiger partial charge in [-0.25, -0.2) is 0 Å². The first-order valence-corrected chi connectivity index (χ1v) is 10.5. The highest BCUT2D eigenvalue weighted by atomic mass is 15.3. The molecule has 6 nitrogen and oxygen atoms in total. The first kappa shape index (κ1) is 20.4. The summed E-state index contributed by atoms with van der Waals surface area (Å²) in [7, 11) is 1.82. The Bertz CT molecular complexity index is 724. The Morgan fingerprint density at radius 1 is 1.18 bits per heavy atom. The van der Waals surface area contributed by atoms with E-state index in [9.17, 15) is 0 Å². The molecule has 1 atom stereocenters. The monoisotopic (exact) mass is 382 g/mol. The summed E-state index contributed by atoms with van der Waals surface area (Å²) in [6.45, 7) is 7.04. The quantitative estimate of drug-likeness (QED) is 0.544. The van der Waals surface area contributed by atoms with E-state index in [1.165, 1.54) is 37.8 Å². The molecule has 1 saturated heterocycles. The second-order valence-corrected chi connectivity index (χ2v) is 7.48. The van der Waals surface area contributed by atoms with Crippen LogP contribution in [0.25, 0.3) is 0 Å². The molecule has 0 spiro atoms. The van der Waals surface area contributed by atoms with Crippen LogP contribution in [-0.2, 0) is 13.1 Å². The molecule has 0 bridgehead atoms. The highest BCUT2D eigenvalue weighted by Crippen LogP contribution is 2.18. The second kappa shape index (κ2) is 10.9. The zero-order valence-corrected chi connectivity index (χ0v) is 17.3. The molecule has 0 saturated carbocycles. The maximum absolute atomic E-state index is 4.47. The minimum Gasteiger partial charge on any atom is -0.355 e. The minimum absolute atomic E-state index is 0.718. The Morgan fingerprint density at radius 3 is 2.82 bits per heavy atom. The largest absolute Gasteiger partial charge is 0.355 e. The molecule has 152 valence electrons. The van der Waals surface area contributed by atoms with Crippen molar-refractivity contribution in [2.45, 2.75) is 51.7 Å². The first-order chi connectivity index (χ1) is 13.8. The fourth-order valence-corrected chi connectivity index (χ4v) is 3.90. The van der Waals surface area contributed by atoms with Crippen molar-refractivity contribution in [2.24, 2.45) is 4.99 Å². The molecule has 1 aromatic carbocycles. The van der Waals surface area contributed by atoms with Crippen molar-refractivity contribution in [3.8, 4) is 0 Å². The molecule has 0 radical (unpaired) electrons. The summed E-state index contributed by atoms with van der Waals surface area (Å²) in [5, 5.41) is 11.3. The molecule has 1 fully saturated rings. The smallest absolute Gasteiger partial charge is 0.191 e. The van der Waals surface area contributed by atoms with E-state index in [1.807, 2.05) is 24.0 Å². The average Bonchev–Trinajstić information content (AvgIpc) is 3.18. The van der Waals surface area contributed by atoms with E-state index in [0.717, 1.165) is 43.7 Å². The summed E-state index contributed by atoms with van der Waals surface area (Å²) in [6, 6.07) is 11.1. The third kappa shape index (κ3) is 6.09. The Hall–Kier alpha value is -2.34. The number of likely N-dealkylation sites (tertiary alicyclic amines) is 1. The van der Waals surface area contributed by atoms with Crippen LogP contribution in [0.15, 0.2) is 47.7 Å². The SMILES string of the molecule is CCC1CCCCN1CCNC(=NC)NCc1cnn(Cc2ccccc2)c1. The second-order valence-electron chi connectivity index (χ2n) is 7.48. The van der Waals surface area contributed by atoms with Gasteiger partial charge in [0.15, 0.2) is 5.96 Å². The number of nitrogens with zero attached hydrogens (tertiary/aromatic N) is 4. The van der Waals surface area contributed by atoms with Gasteiger partial charge in [0, 0.05) is 44.5 Å². The van der Waals surface area contributed by atoms with Gasteiger partial charge in [-0.1, -0.05) is 43.7 Å². The van der Waals surface area contributed by atoms with Crippen molar-refractivity contribution in [1.82, 2.24) is 25.3 Å². The van der Waals surface area contributed by atoms with Gasteiger partial charge in [0.1, 0.15) is 0 Å². The normalized spacial score (nSPS) is 18.2. The van der Waals surface area contributed by atoms with Crippen molar-refractivity contribution in [3.05, 3.63) is 53.9 Å². The van der Waals surface area contributed by atoms with E-state index in [0.29, 0.717) is 0 Å². The predicted molar refractivity (Wildman–Crippen MR) is 115 cm³/mol. The summed E-state index contributed by atoms with van der Waals surface area (Å²) in [5.41, 5.74) is 2.41. The summed E-state index contributed by atoms with van der Waals surface area (Å²) >= 11 is 0. The highest BCUT2D eigenvalue weighted by Gasteiger charge is 2.19. The molecular weight excluding hydrogens is 348 g/mol. The van der Waals surface area contributed by atoms with Crippen molar-refractivity contribution in [3.63, 3.8) is 0 Å². The molecule has 1 aliphatic rings. The Balaban J connectivity index is 1.40. The number of guanidine groups is 1. The van der Waals surface area contributed by atoms with Gasteiger partial charge in [0.25, 0.3) is 0 Å². The zero-order chi connectivity index (χ0) is 19.6. The van der Waals surface area contributed by atoms with Gasteiger partial charge < -0.3 is 10.6 Å². The number of hydrogen-bond donors (Lipinski definition) is 2. The van der Waals surface area contributed by atoms with Crippen LogP contribution in [-0.4, -0.2) is 53.4 Å². The molecule has 3 rings (SSSR count). The average molecular weight is 383 g/mol. The van der Waals surface area contributed by atoms with Crippen LogP contribution in [0, 0.1) is 0 Å². The van der Waals surface area contributed by atoms with E-state index < -0.39 is 0 Å². The molecule has 1 aliphatic heterocycles. The Labute approximate surface area is 169 Å². The topological polar surface area (TPSA) is 57.5 Å². The Morgan fingerprint density at radius 2 is 2.04 bits per heavy atom. The third-order valence-corrected chi connectivity index (χ3v) is 5.47. The van der Waals surface area contributed by atoms with Crippen LogP contribution in [0.2, 0.25) is 0 Å². The van der Waals surface area contributed by atoms with Crippen LogP contribution in [0.4, 0.5) is 0 Å². The number of rotatable bonds is 8. The van der Waals surface area contributed by atoms with Crippen LogP contribution < -0.4 is 10.6 Å². The van der Waals surface area contributed by atoms with Gasteiger partial charge in [-0.05, 0) is 31.4 Å². The fourth-order valence-electron chi connectivity index (χ4n) is 3.90. The Kier molecular flexibility index (Phi) is 7.91. The number of hydrogen-bond acceptors (Lipinski definition) is 3. The highest BCUT2D eigenvalue weighted by molar-refractivity contribution is 5.79. The maximum atomic E-state index is 4.47. The minimum atomic E-state index is 0.718. The molecular formula is C22H34N6. The number of nitrogens with one attached hydrogen (secondary N) is 2. The van der Waals surface area contributed by atoms with E-state index in [-0.39, 0.29) is 0 Å². The molecule has 1 unspecified atom stereocenters. The van der Waals surface area contributed by atoms with Crippen LogP contribution in [0.1, 0.15) is 43.7 Å². The number of benzene rings is 1. The summed E-state index contributed by atoms with van der Waals surface area (Å²) < 4.78 is 1.98. The van der Waals surface area contributed by atoms with Crippen molar-refractivity contribution in [1.29, 1.82) is 0 Å². The molecule has 0 amide bonds. The standard InChI is InChI=1S/C22H34N6/c1-3-21-11-7-8-13-27(21)14-12-24-22(23-2)25-15-20-16-26-28(18-20)17-19-9-5-4-6-10-19/h4-6,9-10,16,18,21H,3,7-8,11-15,17H2,1-2H3,(H2,23,24,25). The van der Waals surface area contributed by atoms with Crippen molar-refractivity contribution in [2.75, 3.05) is 26.7 Å². The van der Waals surface area contributed by atoms with E-state index in [2.05, 4.69) is 63.0 Å². The predicted octanol–water partition coefficient (Wildman–Crippen LogP) is 2.86. The fraction of sp³-hybridized carbons (Fsp3) is 0.545. The van der Waals surface area contributed by atoms with E-state index in [4.69, 9.17) is 0 Å². The molecule has 2 aromatic rings. The lowest BCUT2D eigenvalue weighted by Gasteiger charge is -2.35. The van der Waals surface area contributed by atoms with Crippen LogP contribution >= 0.6 is 0 Å². The van der Waals surface area contributed by atoms with E-state index >= 15 is 0 Å². The lowest BCUT2D eigenvalue weighted by Crippen LogP contribution is -2.45. The van der Waals surface area contributed by atoms with Gasteiger partial charge in [0.2, 0.25) is 0 Å². The van der Waals surface area contributed by atoms with Gasteiger partial charge in [-0.3, -0.25) is 14.6 Å². The lowest BCUT2D eigenvalue weighted by molar-refractivity contribution is 0.147. The van der Waals surface area contributed by atoms with Crippen molar-refractivity contribution >= 4 is 5.96 Å². The third-order valence-electron chi connectivity index (χ3n) is 5.47. The van der Waals surface area contributed by atoms with Crippen molar-refractivity contribution < 1.29 is 0 Å². The molecule has 2 N–H and O–H groups in total. The lowest BCUT2D eigenvalue weighted by atomic mass is 10.0. The van der Waals surface area contributed by atoms with Crippen LogP contribution in [0.5, 0.6) is 0 Å². The van der Waals surface area contributed by atoms with Crippen LogP contribution in [0.3, 0.4) is 0 Å². The molecule has 28 heavy (non-hydrogen) atoms. The number of aliphatic imine (C=N–C) groups is 1. The number of piperidine rings is 1. The molecule has 2 heterocycles. The summed E-state index contributed by atoms with van der Waals surface area (Å²) in [6.07, 6.45) is 9.31. The van der Waals surface area contributed by atoms with E-state index in [1.54, 1.807) is 0 Å². The maximum Gasteiger partial charge on any atom is 0.191 e. The molecule has 6 heteroatoms. The molecule has 1 aromatic heterocycles. The van der Waals surface area contributed by atoms with Gasteiger partial charge in [-0.2, -0.15) is 5.10 Å². The van der Waals surface area contributed by atoms with Gasteiger partial charge in [-0.15, -0.1) is 0 Å². The first-order valence-electron chi connectivity index (χ1n) is 10.5. The summed E-state index contributed by atoms with van der Waals surface area (Å²) in [4.78, 5) is 6.97. The van der Waals surface area contributed by atoms with Gasteiger partial charge in [0.05, 0.1) is 12.7 Å².